The van der Waals surface area contributed by atoms with Crippen molar-refractivity contribution in [2.75, 3.05) is 25.0 Å². The predicted molar refractivity (Wildman–Crippen MR) is 117 cm³/mol. The number of nitrogens with one attached hydrogen (secondary N) is 2. The summed E-state index contributed by atoms with van der Waals surface area (Å²) < 4.78 is 5.50. The molecule has 0 saturated carbocycles. The normalized spacial score (nSPS) is 15.8. The summed E-state index contributed by atoms with van der Waals surface area (Å²) in [7, 11) is 1.80. The van der Waals surface area contributed by atoms with E-state index in [0.29, 0.717) is 18.5 Å². The third kappa shape index (κ3) is 5.71. The van der Waals surface area contributed by atoms with Crippen molar-refractivity contribution in [3.8, 4) is 0 Å². The molecule has 7 heteroatoms. The lowest BCUT2D eigenvalue weighted by Gasteiger charge is -2.33. The predicted octanol–water partition coefficient (Wildman–Crippen LogP) is 3.62. The van der Waals surface area contributed by atoms with Gasteiger partial charge in [-0.15, -0.1) is 0 Å². The van der Waals surface area contributed by atoms with Gasteiger partial charge in [0.1, 0.15) is 5.82 Å². The molecule has 0 aromatic carbocycles. The molecule has 0 atom stereocenters. The number of hydrogen-bond acceptors (Lipinski definition) is 5. The van der Waals surface area contributed by atoms with Gasteiger partial charge in [0.2, 0.25) is 0 Å². The van der Waals surface area contributed by atoms with Crippen LogP contribution in [0, 0.1) is 6.92 Å². The van der Waals surface area contributed by atoms with Crippen LogP contribution >= 0.6 is 0 Å². The Hall–Kier alpha value is -2.57. The van der Waals surface area contributed by atoms with Gasteiger partial charge in [0, 0.05) is 43.9 Å². The SMILES string of the molecule is CCC(CC)c1cc(CNC(=NC)NC2CCN(c3cccc(C)n3)CC2)on1. The molecule has 158 valence electrons. The second kappa shape index (κ2) is 10.3. The van der Waals surface area contributed by atoms with Crippen molar-refractivity contribution in [1.29, 1.82) is 0 Å². The number of hydrogen-bond donors (Lipinski definition) is 2. The zero-order chi connectivity index (χ0) is 20.6. The maximum Gasteiger partial charge on any atom is 0.191 e. The lowest BCUT2D eigenvalue weighted by atomic mass is 9.99. The maximum atomic E-state index is 5.50. The lowest BCUT2D eigenvalue weighted by molar-refractivity contribution is 0.367. The van der Waals surface area contributed by atoms with Gasteiger partial charge in [-0.05, 0) is 44.7 Å². The van der Waals surface area contributed by atoms with Crippen LogP contribution in [0.25, 0.3) is 0 Å². The molecule has 0 unspecified atom stereocenters. The van der Waals surface area contributed by atoms with E-state index in [0.717, 1.165) is 67.7 Å². The first-order chi connectivity index (χ1) is 14.1. The van der Waals surface area contributed by atoms with Gasteiger partial charge in [0.05, 0.1) is 12.2 Å². The van der Waals surface area contributed by atoms with Crippen molar-refractivity contribution >= 4 is 11.8 Å². The minimum atomic E-state index is 0.400. The highest BCUT2D eigenvalue weighted by Crippen LogP contribution is 2.22. The number of aromatic nitrogens is 2. The number of nitrogens with zero attached hydrogens (tertiary/aromatic N) is 4. The fourth-order valence-corrected chi connectivity index (χ4v) is 3.83. The standard InChI is InChI=1S/C22H34N6O/c1-5-17(6-2)20-14-19(29-27-20)15-24-22(23-4)26-18-10-12-28(13-11-18)21-9-7-8-16(3)25-21/h7-9,14,17-18H,5-6,10-13,15H2,1-4H3,(H2,23,24,26). The van der Waals surface area contributed by atoms with Crippen LogP contribution in [-0.4, -0.2) is 42.3 Å². The molecule has 1 saturated heterocycles. The van der Waals surface area contributed by atoms with Gasteiger partial charge in [-0.3, -0.25) is 4.99 Å². The van der Waals surface area contributed by atoms with Crippen molar-refractivity contribution < 1.29 is 4.52 Å². The Morgan fingerprint density at radius 3 is 2.69 bits per heavy atom. The van der Waals surface area contributed by atoms with Crippen LogP contribution in [0.2, 0.25) is 0 Å². The van der Waals surface area contributed by atoms with E-state index in [9.17, 15) is 0 Å². The van der Waals surface area contributed by atoms with E-state index in [2.05, 4.69) is 62.7 Å². The number of anilines is 1. The Balaban J connectivity index is 1.46. The Morgan fingerprint density at radius 2 is 2.03 bits per heavy atom. The van der Waals surface area contributed by atoms with E-state index in [-0.39, 0.29) is 0 Å². The molecule has 1 aliphatic rings. The van der Waals surface area contributed by atoms with Crippen molar-refractivity contribution in [3.05, 3.63) is 41.4 Å². The van der Waals surface area contributed by atoms with Crippen molar-refractivity contribution in [3.63, 3.8) is 0 Å². The summed E-state index contributed by atoms with van der Waals surface area (Å²) in [5, 5.41) is 11.1. The van der Waals surface area contributed by atoms with Crippen molar-refractivity contribution in [2.24, 2.45) is 4.99 Å². The van der Waals surface area contributed by atoms with Crippen LogP contribution in [0.1, 0.15) is 62.6 Å². The first-order valence-electron chi connectivity index (χ1n) is 10.7. The Bertz CT molecular complexity index is 790. The molecule has 0 amide bonds. The average Bonchev–Trinajstić information content (AvgIpc) is 3.21. The molecule has 29 heavy (non-hydrogen) atoms. The van der Waals surface area contributed by atoms with Gasteiger partial charge >= 0.3 is 0 Å². The average molecular weight is 399 g/mol. The van der Waals surface area contributed by atoms with E-state index < -0.39 is 0 Å². The van der Waals surface area contributed by atoms with Gasteiger partial charge in [-0.25, -0.2) is 4.98 Å². The number of pyridine rings is 1. The first-order valence-corrected chi connectivity index (χ1v) is 10.7. The third-order valence-corrected chi connectivity index (χ3v) is 5.67. The summed E-state index contributed by atoms with van der Waals surface area (Å²) in [5.74, 6) is 3.19. The zero-order valence-electron chi connectivity index (χ0n) is 18.1. The minimum Gasteiger partial charge on any atom is -0.359 e. The second-order valence-electron chi connectivity index (χ2n) is 7.70. The highest BCUT2D eigenvalue weighted by Gasteiger charge is 2.21. The first kappa shape index (κ1) is 21.1. The number of aryl methyl sites for hydroxylation is 1. The van der Waals surface area contributed by atoms with Gasteiger partial charge < -0.3 is 20.1 Å². The minimum absolute atomic E-state index is 0.400. The molecular formula is C22H34N6O. The van der Waals surface area contributed by atoms with Crippen molar-refractivity contribution in [2.45, 2.75) is 65.0 Å². The van der Waals surface area contributed by atoms with Crippen LogP contribution in [-0.2, 0) is 6.54 Å². The van der Waals surface area contributed by atoms with Crippen LogP contribution in [0.3, 0.4) is 0 Å². The molecule has 3 heterocycles. The fourth-order valence-electron chi connectivity index (χ4n) is 3.83. The van der Waals surface area contributed by atoms with E-state index in [1.165, 1.54) is 0 Å². The van der Waals surface area contributed by atoms with Crippen LogP contribution in [0.15, 0.2) is 33.8 Å². The van der Waals surface area contributed by atoms with Crippen LogP contribution in [0.4, 0.5) is 5.82 Å². The quantitative estimate of drug-likeness (QED) is 0.548. The summed E-state index contributed by atoms with van der Waals surface area (Å²) in [5.41, 5.74) is 2.11. The number of aliphatic imine (C=N–C) groups is 1. The Labute approximate surface area is 174 Å². The number of rotatable bonds is 7. The van der Waals surface area contributed by atoms with Crippen LogP contribution < -0.4 is 15.5 Å². The number of piperidine rings is 1. The molecule has 1 fully saturated rings. The molecule has 2 N–H and O–H groups in total. The van der Waals surface area contributed by atoms with Crippen molar-refractivity contribution in [1.82, 2.24) is 20.8 Å². The van der Waals surface area contributed by atoms with Gasteiger partial charge in [-0.2, -0.15) is 0 Å². The summed E-state index contributed by atoms with van der Waals surface area (Å²) >= 11 is 0. The molecule has 0 aliphatic carbocycles. The fraction of sp³-hybridized carbons (Fsp3) is 0.591. The van der Waals surface area contributed by atoms with E-state index in [4.69, 9.17) is 4.52 Å². The van der Waals surface area contributed by atoms with Crippen LogP contribution in [0.5, 0.6) is 0 Å². The van der Waals surface area contributed by atoms with Gasteiger partial charge in [-0.1, -0.05) is 25.1 Å². The molecule has 0 spiro atoms. The lowest BCUT2D eigenvalue weighted by Crippen LogP contribution is -2.48. The Kier molecular flexibility index (Phi) is 7.49. The monoisotopic (exact) mass is 398 g/mol. The van der Waals surface area contributed by atoms with E-state index in [1.54, 1.807) is 7.05 Å². The molecule has 2 aromatic heterocycles. The van der Waals surface area contributed by atoms with E-state index >= 15 is 0 Å². The summed E-state index contributed by atoms with van der Waals surface area (Å²) in [6.45, 7) is 8.98. The number of guanidine groups is 1. The molecular weight excluding hydrogens is 364 g/mol. The summed E-state index contributed by atoms with van der Waals surface area (Å²) in [4.78, 5) is 11.4. The zero-order valence-corrected chi connectivity index (χ0v) is 18.1. The Morgan fingerprint density at radius 1 is 1.28 bits per heavy atom. The highest BCUT2D eigenvalue weighted by molar-refractivity contribution is 5.79. The molecule has 1 aliphatic heterocycles. The molecule has 3 rings (SSSR count). The molecule has 2 aromatic rings. The molecule has 0 radical (unpaired) electrons. The third-order valence-electron chi connectivity index (χ3n) is 5.67. The molecule has 0 bridgehead atoms. The summed E-state index contributed by atoms with van der Waals surface area (Å²) in [6, 6.07) is 8.67. The highest BCUT2D eigenvalue weighted by atomic mass is 16.5. The van der Waals surface area contributed by atoms with Gasteiger partial charge in [0.15, 0.2) is 11.7 Å². The second-order valence-corrected chi connectivity index (χ2v) is 7.70. The largest absolute Gasteiger partial charge is 0.359 e. The smallest absolute Gasteiger partial charge is 0.191 e. The summed E-state index contributed by atoms with van der Waals surface area (Å²) in [6.07, 6.45) is 4.26. The molecule has 7 nitrogen and oxygen atoms in total. The topological polar surface area (TPSA) is 78.6 Å². The van der Waals surface area contributed by atoms with Gasteiger partial charge in [0.25, 0.3) is 0 Å². The maximum absolute atomic E-state index is 5.50. The van der Waals surface area contributed by atoms with E-state index in [1.807, 2.05) is 13.0 Å².